The van der Waals surface area contributed by atoms with E-state index in [0.717, 1.165) is 65.7 Å². The minimum Gasteiger partial charge on any atom is -0.445 e. The molecule has 14 heteroatoms. The minimum atomic E-state index is -4.03. The van der Waals surface area contributed by atoms with Crippen LogP contribution in [0.15, 0.2) is 53.4 Å². The van der Waals surface area contributed by atoms with Gasteiger partial charge in [0.1, 0.15) is 6.10 Å². The SMILES string of the molecule is CC(C)CN(C[C@@H](O)[C@H](Cc1ccccc1)NC(=O)OC1C2CCC3C(OC2)OCC31)S(=O)(=O)c1ccc2nc(NC3CCN(C4CCCC4)CC3)sc2c1. The van der Waals surface area contributed by atoms with Crippen LogP contribution >= 0.6 is 11.3 Å². The standard InChI is InChI=1S/C41H57N5O7S2/c1-26(2)22-46(55(49,50)31-13-15-34-37(21-31)54-40(43-34)42-29-16-18-45(19-17-29)30-10-6-7-11-30)23-36(47)35(20-27-8-4-3-5-9-27)44-41(48)53-38-28-12-14-32-33(38)25-52-39(32)51-24-28/h3-5,8-9,13,15,21,26,28-30,32-33,35-36,38-39,47H,6-7,10-12,14,16-20,22-25H2,1-2H3,(H,42,43)(H,44,48)/t28?,32?,33?,35-,36+,38?,39?/m0/s1. The second-order valence-electron chi connectivity index (χ2n) is 16.8. The number of anilines is 1. The van der Waals surface area contributed by atoms with E-state index in [4.69, 9.17) is 19.2 Å². The third-order valence-electron chi connectivity index (χ3n) is 12.5. The van der Waals surface area contributed by atoms with Crippen molar-refractivity contribution in [2.75, 3.05) is 44.7 Å². The summed E-state index contributed by atoms with van der Waals surface area (Å²) in [4.78, 5) is 21.2. The summed E-state index contributed by atoms with van der Waals surface area (Å²) in [6.45, 7) is 7.08. The van der Waals surface area contributed by atoms with E-state index in [-0.39, 0.29) is 54.1 Å². The number of ether oxygens (including phenoxy) is 3. The number of carbonyl (C=O) groups excluding carboxylic acids is 1. The van der Waals surface area contributed by atoms with Crippen LogP contribution in [0.4, 0.5) is 9.93 Å². The first kappa shape index (κ1) is 39.0. The maximum absolute atomic E-state index is 14.4. The van der Waals surface area contributed by atoms with Gasteiger partial charge in [0, 0.05) is 56.0 Å². The Hall–Kier alpha value is -2.85. The fourth-order valence-electron chi connectivity index (χ4n) is 9.62. The first-order valence-corrected chi connectivity index (χ1v) is 22.7. The van der Waals surface area contributed by atoms with Crippen molar-refractivity contribution in [3.63, 3.8) is 0 Å². The van der Waals surface area contributed by atoms with E-state index in [1.165, 1.54) is 41.3 Å². The molecule has 0 radical (unpaired) electrons. The number of benzene rings is 2. The fraction of sp³-hybridized carbons (Fsp3) is 0.659. The molecule has 4 bridgehead atoms. The highest BCUT2D eigenvalue weighted by molar-refractivity contribution is 7.89. The predicted molar refractivity (Wildman–Crippen MR) is 212 cm³/mol. The number of amides is 1. The number of alkyl carbamates (subject to hydrolysis) is 1. The maximum Gasteiger partial charge on any atom is 0.407 e. The lowest BCUT2D eigenvalue weighted by molar-refractivity contribution is -0.135. The molecule has 300 valence electrons. The smallest absolute Gasteiger partial charge is 0.407 e. The van der Waals surface area contributed by atoms with Gasteiger partial charge in [-0.15, -0.1) is 0 Å². The first-order chi connectivity index (χ1) is 26.6. The van der Waals surface area contributed by atoms with Crippen molar-refractivity contribution < 1.29 is 32.5 Å². The van der Waals surface area contributed by atoms with E-state index in [1.54, 1.807) is 18.2 Å². The van der Waals surface area contributed by atoms with Crippen molar-refractivity contribution in [2.24, 2.45) is 23.7 Å². The van der Waals surface area contributed by atoms with Gasteiger partial charge < -0.3 is 34.9 Å². The number of piperidine rings is 1. The van der Waals surface area contributed by atoms with Crippen LogP contribution in [-0.2, 0) is 30.7 Å². The Morgan fingerprint density at radius 1 is 1.00 bits per heavy atom. The molecule has 7 atom stereocenters. The Morgan fingerprint density at radius 3 is 2.53 bits per heavy atom. The van der Waals surface area contributed by atoms with Gasteiger partial charge in [0.25, 0.3) is 0 Å². The average molecular weight is 796 g/mol. The number of nitrogens with one attached hydrogen (secondary N) is 2. The van der Waals surface area contributed by atoms with Gasteiger partial charge in [0.15, 0.2) is 11.4 Å². The number of rotatable bonds is 14. The lowest BCUT2D eigenvalue weighted by Gasteiger charge is -2.36. The van der Waals surface area contributed by atoms with E-state index in [2.05, 4.69) is 15.5 Å². The summed E-state index contributed by atoms with van der Waals surface area (Å²) in [6, 6.07) is 14.9. The zero-order valence-electron chi connectivity index (χ0n) is 32.1. The van der Waals surface area contributed by atoms with Crippen LogP contribution < -0.4 is 10.6 Å². The largest absolute Gasteiger partial charge is 0.445 e. The first-order valence-electron chi connectivity index (χ1n) is 20.4. The molecular weight excluding hydrogens is 739 g/mol. The average Bonchev–Trinajstić information content (AvgIpc) is 3.90. The van der Waals surface area contributed by atoms with Gasteiger partial charge in [-0.2, -0.15) is 4.31 Å². The topological polar surface area (TPSA) is 143 Å². The monoisotopic (exact) mass is 795 g/mol. The lowest BCUT2D eigenvalue weighted by atomic mass is 9.74. The van der Waals surface area contributed by atoms with Crippen LogP contribution in [0.25, 0.3) is 10.2 Å². The number of aliphatic hydroxyl groups is 1. The van der Waals surface area contributed by atoms with E-state index in [9.17, 15) is 18.3 Å². The molecule has 5 unspecified atom stereocenters. The number of fused-ring (bicyclic) bond motifs is 3. The number of carbonyl (C=O) groups is 1. The molecule has 2 aromatic carbocycles. The summed E-state index contributed by atoms with van der Waals surface area (Å²) in [5.74, 6) is 0.352. The molecule has 2 saturated carbocycles. The summed E-state index contributed by atoms with van der Waals surface area (Å²) in [7, 11) is -4.03. The molecule has 0 spiro atoms. The Kier molecular flexibility index (Phi) is 12.0. The van der Waals surface area contributed by atoms with Crippen LogP contribution in [0, 0.1) is 23.7 Å². The van der Waals surface area contributed by atoms with Crippen molar-refractivity contribution in [3.8, 4) is 0 Å². The van der Waals surface area contributed by atoms with Crippen molar-refractivity contribution in [1.29, 1.82) is 0 Å². The highest BCUT2D eigenvalue weighted by Gasteiger charge is 2.53. The number of hydrogen-bond donors (Lipinski definition) is 3. The number of hydrogen-bond acceptors (Lipinski definition) is 11. The quantitative estimate of drug-likeness (QED) is 0.182. The molecule has 3 aromatic rings. The van der Waals surface area contributed by atoms with Crippen molar-refractivity contribution in [1.82, 2.24) is 19.5 Å². The summed E-state index contributed by atoms with van der Waals surface area (Å²) >= 11 is 1.48. The van der Waals surface area contributed by atoms with Gasteiger partial charge in [0.2, 0.25) is 10.0 Å². The van der Waals surface area contributed by atoms with E-state index >= 15 is 0 Å². The molecule has 3 N–H and O–H groups in total. The van der Waals surface area contributed by atoms with Gasteiger partial charge in [-0.1, -0.05) is 68.4 Å². The highest BCUT2D eigenvalue weighted by Crippen LogP contribution is 2.46. The summed E-state index contributed by atoms with van der Waals surface area (Å²) in [5, 5.41) is 19.2. The molecule has 4 aliphatic heterocycles. The predicted octanol–water partition coefficient (Wildman–Crippen LogP) is 5.86. The molecule has 1 amide bonds. The molecule has 1 aromatic heterocycles. The number of sulfonamides is 1. The number of nitrogens with zero attached hydrogens (tertiary/aromatic N) is 3. The zero-order chi connectivity index (χ0) is 38.1. The van der Waals surface area contributed by atoms with Gasteiger partial charge in [-0.25, -0.2) is 18.2 Å². The number of aliphatic hydroxyl groups excluding tert-OH is 1. The van der Waals surface area contributed by atoms with E-state index in [0.29, 0.717) is 25.7 Å². The molecule has 2 aliphatic carbocycles. The van der Waals surface area contributed by atoms with E-state index < -0.39 is 28.3 Å². The Morgan fingerprint density at radius 2 is 1.76 bits per heavy atom. The number of aromatic nitrogens is 1. The van der Waals surface area contributed by atoms with Crippen molar-refractivity contribution in [3.05, 3.63) is 54.1 Å². The maximum atomic E-state index is 14.4. The third kappa shape index (κ3) is 8.85. The van der Waals surface area contributed by atoms with Crippen LogP contribution in [-0.4, -0.2) is 110 Å². The number of likely N-dealkylation sites (tertiary alicyclic amines) is 1. The van der Waals surface area contributed by atoms with Gasteiger partial charge in [0.05, 0.1) is 40.5 Å². The molecule has 6 aliphatic rings. The highest BCUT2D eigenvalue weighted by atomic mass is 32.2. The van der Waals surface area contributed by atoms with Gasteiger partial charge >= 0.3 is 6.09 Å². The summed E-state index contributed by atoms with van der Waals surface area (Å²) < 4.78 is 48.9. The fourth-order valence-corrected chi connectivity index (χ4v) is 12.3. The molecule has 6 fully saturated rings. The number of thiazole rings is 1. The Bertz CT molecular complexity index is 1860. The third-order valence-corrected chi connectivity index (χ3v) is 15.3. The molecule has 9 rings (SSSR count). The lowest BCUT2D eigenvalue weighted by Crippen LogP contribution is -2.52. The van der Waals surface area contributed by atoms with Crippen LogP contribution in [0.2, 0.25) is 0 Å². The van der Waals surface area contributed by atoms with Crippen LogP contribution in [0.1, 0.15) is 70.8 Å². The molecule has 55 heavy (non-hydrogen) atoms. The Labute approximate surface area is 329 Å². The molecule has 5 heterocycles. The van der Waals surface area contributed by atoms with Gasteiger partial charge in [-0.05, 0) is 74.6 Å². The van der Waals surface area contributed by atoms with E-state index in [1.807, 2.05) is 44.2 Å². The van der Waals surface area contributed by atoms with Crippen LogP contribution in [0.5, 0.6) is 0 Å². The van der Waals surface area contributed by atoms with Crippen molar-refractivity contribution in [2.45, 2.75) is 113 Å². The molecular formula is C41H57N5O7S2. The zero-order valence-corrected chi connectivity index (χ0v) is 33.7. The molecule has 4 saturated heterocycles. The second-order valence-corrected chi connectivity index (χ2v) is 19.8. The normalized spacial score (nSPS) is 27.5. The molecule has 12 nitrogen and oxygen atoms in total. The van der Waals surface area contributed by atoms with Crippen molar-refractivity contribution >= 4 is 42.8 Å². The summed E-state index contributed by atoms with van der Waals surface area (Å²) in [6.07, 6.45) is 7.24. The van der Waals surface area contributed by atoms with Crippen LogP contribution in [0.3, 0.4) is 0 Å². The second kappa shape index (κ2) is 16.9. The minimum absolute atomic E-state index is 0.0131. The Balaban J connectivity index is 0.956. The van der Waals surface area contributed by atoms with Gasteiger partial charge in [-0.3, -0.25) is 0 Å². The summed E-state index contributed by atoms with van der Waals surface area (Å²) in [5.41, 5.74) is 1.66.